The van der Waals surface area contributed by atoms with Crippen molar-refractivity contribution in [1.82, 2.24) is 10.2 Å². The molecular formula is C24H28N2O2S. The summed E-state index contributed by atoms with van der Waals surface area (Å²) < 4.78 is 11.8. The van der Waals surface area contributed by atoms with Gasteiger partial charge in [0.05, 0.1) is 13.2 Å². The fourth-order valence-electron chi connectivity index (χ4n) is 3.84. The number of nitrogens with one attached hydrogen (secondary N) is 1. The van der Waals surface area contributed by atoms with Gasteiger partial charge in [-0.15, -0.1) is 11.3 Å². The Morgan fingerprint density at radius 3 is 2.69 bits per heavy atom. The van der Waals surface area contributed by atoms with Gasteiger partial charge in [0.1, 0.15) is 6.61 Å². The predicted octanol–water partition coefficient (Wildman–Crippen LogP) is 4.72. The molecule has 2 aromatic carbocycles. The van der Waals surface area contributed by atoms with Gasteiger partial charge in [0.15, 0.2) is 11.5 Å². The molecule has 1 aliphatic heterocycles. The molecule has 1 aliphatic rings. The van der Waals surface area contributed by atoms with Crippen molar-refractivity contribution in [3.63, 3.8) is 0 Å². The summed E-state index contributed by atoms with van der Waals surface area (Å²) in [6.45, 7) is 4.77. The van der Waals surface area contributed by atoms with E-state index >= 15 is 0 Å². The molecule has 0 spiro atoms. The van der Waals surface area contributed by atoms with Crippen molar-refractivity contribution < 1.29 is 9.47 Å². The van der Waals surface area contributed by atoms with E-state index in [-0.39, 0.29) is 6.04 Å². The quantitative estimate of drug-likeness (QED) is 0.613. The van der Waals surface area contributed by atoms with Gasteiger partial charge in [-0.2, -0.15) is 0 Å². The first-order valence-electron chi connectivity index (χ1n) is 10.2. The first kappa shape index (κ1) is 20.0. The molecule has 0 radical (unpaired) electrons. The normalized spacial score (nSPS) is 16.2. The van der Waals surface area contributed by atoms with Crippen LogP contribution in [0.3, 0.4) is 0 Å². The SMILES string of the molecule is COc1cc(C(c2cccs2)N2CCCNCC2)ccc1OCc1ccccc1. The summed E-state index contributed by atoms with van der Waals surface area (Å²) in [4.78, 5) is 3.94. The van der Waals surface area contributed by atoms with Crippen LogP contribution in [0.5, 0.6) is 11.5 Å². The Bertz CT molecular complexity index is 875. The minimum Gasteiger partial charge on any atom is -0.493 e. The maximum absolute atomic E-state index is 6.06. The summed E-state index contributed by atoms with van der Waals surface area (Å²) in [6, 6.07) is 21.2. The lowest BCUT2D eigenvalue weighted by atomic mass is 10.0. The van der Waals surface area contributed by atoms with Gasteiger partial charge in [-0.05, 0) is 47.7 Å². The molecule has 29 heavy (non-hydrogen) atoms. The van der Waals surface area contributed by atoms with Crippen LogP contribution in [0.4, 0.5) is 0 Å². The summed E-state index contributed by atoms with van der Waals surface area (Å²) in [5.41, 5.74) is 2.39. The number of methoxy groups -OCH3 is 1. The molecule has 0 amide bonds. The van der Waals surface area contributed by atoms with E-state index in [0.717, 1.165) is 49.7 Å². The fourth-order valence-corrected chi connectivity index (χ4v) is 4.72. The summed E-state index contributed by atoms with van der Waals surface area (Å²) >= 11 is 1.82. The predicted molar refractivity (Wildman–Crippen MR) is 119 cm³/mol. The van der Waals surface area contributed by atoms with Crippen molar-refractivity contribution in [3.8, 4) is 11.5 Å². The van der Waals surface area contributed by atoms with Crippen molar-refractivity contribution in [3.05, 3.63) is 82.0 Å². The van der Waals surface area contributed by atoms with Crippen LogP contribution < -0.4 is 14.8 Å². The molecule has 3 aromatic rings. The van der Waals surface area contributed by atoms with E-state index in [4.69, 9.17) is 9.47 Å². The number of thiophene rings is 1. The average molecular weight is 409 g/mol. The van der Waals surface area contributed by atoms with Crippen molar-refractivity contribution in [1.29, 1.82) is 0 Å². The number of nitrogens with zero attached hydrogens (tertiary/aromatic N) is 1. The van der Waals surface area contributed by atoms with Gasteiger partial charge < -0.3 is 14.8 Å². The number of hydrogen-bond donors (Lipinski definition) is 1. The zero-order valence-corrected chi connectivity index (χ0v) is 17.7. The number of benzene rings is 2. The summed E-state index contributed by atoms with van der Waals surface area (Å²) in [5, 5.41) is 5.67. The van der Waals surface area contributed by atoms with Crippen LogP contribution in [0.1, 0.15) is 28.5 Å². The third-order valence-electron chi connectivity index (χ3n) is 5.29. The molecule has 1 atom stereocenters. The summed E-state index contributed by atoms with van der Waals surface area (Å²) in [5.74, 6) is 1.57. The lowest BCUT2D eigenvalue weighted by Gasteiger charge is -2.30. The summed E-state index contributed by atoms with van der Waals surface area (Å²) in [7, 11) is 1.71. The molecule has 0 saturated carbocycles. The van der Waals surface area contributed by atoms with Crippen LogP contribution in [-0.4, -0.2) is 38.2 Å². The third-order valence-corrected chi connectivity index (χ3v) is 6.22. The molecule has 0 bridgehead atoms. The van der Waals surface area contributed by atoms with Crippen LogP contribution in [0.25, 0.3) is 0 Å². The molecule has 4 rings (SSSR count). The van der Waals surface area contributed by atoms with Gasteiger partial charge in [0.25, 0.3) is 0 Å². The Morgan fingerprint density at radius 1 is 1.00 bits per heavy atom. The number of hydrogen-bond acceptors (Lipinski definition) is 5. The Morgan fingerprint density at radius 2 is 1.90 bits per heavy atom. The second kappa shape index (κ2) is 9.92. The van der Waals surface area contributed by atoms with Gasteiger partial charge in [-0.3, -0.25) is 4.90 Å². The first-order valence-corrected chi connectivity index (χ1v) is 11.1. The van der Waals surface area contributed by atoms with Crippen LogP contribution in [0, 0.1) is 0 Å². The van der Waals surface area contributed by atoms with Crippen molar-refractivity contribution >= 4 is 11.3 Å². The zero-order chi connectivity index (χ0) is 19.9. The molecule has 152 valence electrons. The number of rotatable bonds is 7. The van der Waals surface area contributed by atoms with E-state index in [0.29, 0.717) is 6.61 Å². The molecule has 2 heterocycles. The largest absolute Gasteiger partial charge is 0.493 e. The molecule has 1 aromatic heterocycles. The van der Waals surface area contributed by atoms with Crippen LogP contribution in [0.15, 0.2) is 66.0 Å². The van der Waals surface area contributed by atoms with E-state index in [1.165, 1.54) is 10.4 Å². The second-order valence-electron chi connectivity index (χ2n) is 7.24. The van der Waals surface area contributed by atoms with Gasteiger partial charge >= 0.3 is 0 Å². The average Bonchev–Trinajstić information content (AvgIpc) is 3.16. The Hall–Kier alpha value is -2.34. The molecule has 1 fully saturated rings. The minimum absolute atomic E-state index is 0.243. The fraction of sp³-hybridized carbons (Fsp3) is 0.333. The van der Waals surface area contributed by atoms with Gasteiger partial charge in [-0.25, -0.2) is 0 Å². The number of ether oxygens (including phenoxy) is 2. The van der Waals surface area contributed by atoms with Crippen LogP contribution >= 0.6 is 11.3 Å². The third kappa shape index (κ3) is 4.99. The first-order chi connectivity index (χ1) is 14.3. The van der Waals surface area contributed by atoms with Crippen molar-refractivity contribution in [2.75, 3.05) is 33.3 Å². The summed E-state index contributed by atoms with van der Waals surface area (Å²) in [6.07, 6.45) is 1.16. The van der Waals surface area contributed by atoms with E-state index in [2.05, 4.69) is 52.0 Å². The van der Waals surface area contributed by atoms with E-state index in [9.17, 15) is 0 Å². The van der Waals surface area contributed by atoms with Crippen LogP contribution in [0.2, 0.25) is 0 Å². The molecule has 5 heteroatoms. The van der Waals surface area contributed by atoms with E-state index < -0.39 is 0 Å². The lowest BCUT2D eigenvalue weighted by Crippen LogP contribution is -2.32. The highest BCUT2D eigenvalue weighted by molar-refractivity contribution is 7.10. The topological polar surface area (TPSA) is 33.7 Å². The molecule has 1 unspecified atom stereocenters. The Kier molecular flexibility index (Phi) is 6.83. The second-order valence-corrected chi connectivity index (χ2v) is 8.22. The van der Waals surface area contributed by atoms with E-state index in [1.807, 2.05) is 35.6 Å². The molecular weight excluding hydrogens is 380 g/mol. The van der Waals surface area contributed by atoms with Gasteiger partial charge in [-0.1, -0.05) is 42.5 Å². The highest BCUT2D eigenvalue weighted by Crippen LogP contribution is 2.37. The Balaban J connectivity index is 1.59. The molecule has 4 nitrogen and oxygen atoms in total. The van der Waals surface area contributed by atoms with Gasteiger partial charge in [0, 0.05) is 24.5 Å². The van der Waals surface area contributed by atoms with Crippen molar-refractivity contribution in [2.45, 2.75) is 19.1 Å². The van der Waals surface area contributed by atoms with Crippen LogP contribution in [-0.2, 0) is 6.61 Å². The van der Waals surface area contributed by atoms with Gasteiger partial charge in [0.2, 0.25) is 0 Å². The maximum atomic E-state index is 6.06. The lowest BCUT2D eigenvalue weighted by molar-refractivity contribution is 0.242. The smallest absolute Gasteiger partial charge is 0.161 e. The molecule has 1 saturated heterocycles. The highest BCUT2D eigenvalue weighted by atomic mass is 32.1. The van der Waals surface area contributed by atoms with Crippen molar-refractivity contribution in [2.24, 2.45) is 0 Å². The Labute approximate surface area is 177 Å². The standard InChI is InChI=1S/C24H28N2O2S/c1-27-22-17-20(10-11-21(22)28-18-19-7-3-2-4-8-19)24(23-9-5-16-29-23)26-14-6-12-25-13-15-26/h2-5,7-11,16-17,24-25H,6,12-15,18H2,1H3. The monoisotopic (exact) mass is 408 g/mol. The van der Waals surface area contributed by atoms with E-state index in [1.54, 1.807) is 7.11 Å². The maximum Gasteiger partial charge on any atom is 0.161 e. The zero-order valence-electron chi connectivity index (χ0n) is 16.8. The highest BCUT2D eigenvalue weighted by Gasteiger charge is 2.25. The minimum atomic E-state index is 0.243. The molecule has 0 aliphatic carbocycles. The molecule has 1 N–H and O–H groups in total.